The predicted octanol–water partition coefficient (Wildman–Crippen LogP) is 4.58. The lowest BCUT2D eigenvalue weighted by atomic mass is 10.0. The lowest BCUT2D eigenvalue weighted by Crippen LogP contribution is -2.57. The minimum Gasteiger partial charge on any atom is -0.458 e. The Bertz CT molecular complexity index is 350. The number of halogens is 7. The zero-order chi connectivity index (χ0) is 17.1. The van der Waals surface area contributed by atoms with E-state index in [0.29, 0.717) is 18.8 Å². The van der Waals surface area contributed by atoms with Gasteiger partial charge < -0.3 is 4.74 Å². The number of hydrogen-bond donors (Lipinski definition) is 0. The molecule has 0 saturated carbocycles. The van der Waals surface area contributed by atoms with E-state index in [9.17, 15) is 35.5 Å². The van der Waals surface area contributed by atoms with Crippen molar-refractivity contribution in [2.24, 2.45) is 5.92 Å². The molecule has 0 spiro atoms. The molecule has 0 rings (SSSR count). The van der Waals surface area contributed by atoms with Crippen LogP contribution in [0.5, 0.6) is 0 Å². The molecule has 0 aromatic heterocycles. The molecular weight excluding hydrogens is 309 g/mol. The first-order valence-electron chi connectivity index (χ1n) is 6.27. The highest BCUT2D eigenvalue weighted by Gasteiger charge is 2.77. The standard InChI is InChI=1S/C12H17F7O2/c1-7(2)5-4-6-8(3)21-9(20)10(13,14)11(15,16)12(17,18)19/h7-8H,4-6H2,1-3H3. The highest BCUT2D eigenvalue weighted by molar-refractivity contribution is 5.79. The van der Waals surface area contributed by atoms with Crippen molar-refractivity contribution in [1.82, 2.24) is 0 Å². The van der Waals surface area contributed by atoms with Gasteiger partial charge in [0.15, 0.2) is 0 Å². The zero-order valence-corrected chi connectivity index (χ0v) is 11.7. The number of esters is 1. The normalized spacial score (nSPS) is 15.2. The summed E-state index contributed by atoms with van der Waals surface area (Å²) in [6.07, 6.45) is -6.48. The maximum absolute atomic E-state index is 13.0. The van der Waals surface area contributed by atoms with Gasteiger partial charge in [-0.2, -0.15) is 30.7 Å². The molecule has 126 valence electrons. The highest BCUT2D eigenvalue weighted by atomic mass is 19.4. The van der Waals surface area contributed by atoms with Crippen molar-refractivity contribution >= 4 is 5.97 Å². The van der Waals surface area contributed by atoms with Crippen LogP contribution in [0, 0.1) is 5.92 Å². The molecule has 0 aromatic carbocycles. The van der Waals surface area contributed by atoms with Crippen LogP contribution in [-0.2, 0) is 9.53 Å². The van der Waals surface area contributed by atoms with Gasteiger partial charge in [-0.15, -0.1) is 0 Å². The third kappa shape index (κ3) is 5.03. The molecule has 0 aliphatic heterocycles. The second-order valence-electron chi connectivity index (χ2n) is 5.19. The molecule has 0 amide bonds. The lowest BCUT2D eigenvalue weighted by molar-refractivity contribution is -0.349. The first kappa shape index (κ1) is 20.0. The molecule has 1 atom stereocenters. The number of alkyl halides is 7. The lowest BCUT2D eigenvalue weighted by Gasteiger charge is -2.27. The van der Waals surface area contributed by atoms with Gasteiger partial charge in [0.2, 0.25) is 0 Å². The number of rotatable bonds is 7. The quantitative estimate of drug-likeness (QED) is 0.506. The SMILES string of the molecule is CC(C)CCCC(C)OC(=O)C(F)(F)C(F)(F)C(F)(F)F. The molecule has 0 fully saturated rings. The van der Waals surface area contributed by atoms with Crippen LogP contribution in [0.15, 0.2) is 0 Å². The molecule has 21 heavy (non-hydrogen) atoms. The third-order valence-corrected chi connectivity index (χ3v) is 2.71. The Morgan fingerprint density at radius 1 is 0.952 bits per heavy atom. The summed E-state index contributed by atoms with van der Waals surface area (Å²) in [5, 5.41) is 0. The molecule has 0 aliphatic rings. The molecule has 1 unspecified atom stereocenters. The molecule has 0 heterocycles. The average molecular weight is 326 g/mol. The Morgan fingerprint density at radius 3 is 1.81 bits per heavy atom. The van der Waals surface area contributed by atoms with E-state index < -0.39 is 30.1 Å². The van der Waals surface area contributed by atoms with Crippen molar-refractivity contribution in [3.8, 4) is 0 Å². The molecule has 0 aromatic rings. The molecule has 0 bridgehead atoms. The Balaban J connectivity index is 4.70. The van der Waals surface area contributed by atoms with Crippen molar-refractivity contribution in [3.63, 3.8) is 0 Å². The van der Waals surface area contributed by atoms with Gasteiger partial charge in [-0.25, -0.2) is 4.79 Å². The topological polar surface area (TPSA) is 26.3 Å². The number of carbonyl (C=O) groups excluding carboxylic acids is 1. The van der Waals surface area contributed by atoms with E-state index in [2.05, 4.69) is 4.74 Å². The Hall–Kier alpha value is -1.02. The van der Waals surface area contributed by atoms with Crippen molar-refractivity contribution in [2.45, 2.75) is 64.2 Å². The first-order valence-corrected chi connectivity index (χ1v) is 6.27. The molecule has 0 aliphatic carbocycles. The summed E-state index contributed by atoms with van der Waals surface area (Å²) in [4.78, 5) is 10.9. The molecule has 2 nitrogen and oxygen atoms in total. The smallest absolute Gasteiger partial charge is 0.458 e. The third-order valence-electron chi connectivity index (χ3n) is 2.71. The minimum absolute atomic E-state index is 0.0948. The predicted molar refractivity (Wildman–Crippen MR) is 60.2 cm³/mol. The average Bonchev–Trinajstić information content (AvgIpc) is 2.26. The summed E-state index contributed by atoms with van der Waals surface area (Å²) in [6.45, 7) is 4.92. The summed E-state index contributed by atoms with van der Waals surface area (Å²) in [5.74, 6) is -15.0. The Labute approximate surface area is 117 Å². The van der Waals surface area contributed by atoms with E-state index in [-0.39, 0.29) is 6.42 Å². The number of hydrogen-bond acceptors (Lipinski definition) is 2. The minimum atomic E-state index is -6.55. The van der Waals surface area contributed by atoms with Crippen LogP contribution in [0.4, 0.5) is 30.7 Å². The van der Waals surface area contributed by atoms with Gasteiger partial charge in [0.1, 0.15) is 0 Å². The van der Waals surface area contributed by atoms with Gasteiger partial charge in [0.25, 0.3) is 0 Å². The van der Waals surface area contributed by atoms with Gasteiger partial charge in [-0.1, -0.05) is 20.3 Å². The zero-order valence-electron chi connectivity index (χ0n) is 11.7. The van der Waals surface area contributed by atoms with Gasteiger partial charge in [0.05, 0.1) is 6.10 Å². The summed E-state index contributed by atoms with van der Waals surface area (Å²) >= 11 is 0. The monoisotopic (exact) mass is 326 g/mol. The fraction of sp³-hybridized carbons (Fsp3) is 0.917. The van der Waals surface area contributed by atoms with Gasteiger partial charge in [0, 0.05) is 0 Å². The molecule has 0 radical (unpaired) electrons. The van der Waals surface area contributed by atoms with Crippen LogP contribution in [0.2, 0.25) is 0 Å². The van der Waals surface area contributed by atoms with Crippen molar-refractivity contribution < 1.29 is 40.3 Å². The molecular formula is C12H17F7O2. The number of ether oxygens (including phenoxy) is 1. The largest absolute Gasteiger partial charge is 0.460 e. The van der Waals surface area contributed by atoms with Crippen LogP contribution >= 0.6 is 0 Å². The van der Waals surface area contributed by atoms with Crippen LogP contribution in [0.1, 0.15) is 40.0 Å². The van der Waals surface area contributed by atoms with E-state index in [1.807, 2.05) is 13.8 Å². The summed E-state index contributed by atoms with van der Waals surface area (Å²) in [5.41, 5.74) is 0. The summed E-state index contributed by atoms with van der Waals surface area (Å²) in [6, 6.07) is 0. The van der Waals surface area contributed by atoms with Gasteiger partial charge in [-0.3, -0.25) is 0 Å². The van der Waals surface area contributed by atoms with Crippen LogP contribution in [0.25, 0.3) is 0 Å². The van der Waals surface area contributed by atoms with E-state index in [1.54, 1.807) is 0 Å². The molecule has 0 N–H and O–H groups in total. The second-order valence-corrected chi connectivity index (χ2v) is 5.19. The van der Waals surface area contributed by atoms with E-state index in [1.165, 1.54) is 0 Å². The number of carbonyl (C=O) groups is 1. The van der Waals surface area contributed by atoms with Crippen molar-refractivity contribution in [3.05, 3.63) is 0 Å². The van der Waals surface area contributed by atoms with E-state index in [0.717, 1.165) is 6.92 Å². The Kier molecular flexibility index (Phi) is 6.50. The maximum Gasteiger partial charge on any atom is 0.460 e. The molecule has 9 heteroatoms. The highest BCUT2D eigenvalue weighted by Crippen LogP contribution is 2.47. The van der Waals surface area contributed by atoms with Crippen molar-refractivity contribution in [2.75, 3.05) is 0 Å². The van der Waals surface area contributed by atoms with Crippen molar-refractivity contribution in [1.29, 1.82) is 0 Å². The van der Waals surface area contributed by atoms with Crippen LogP contribution in [-0.4, -0.2) is 30.1 Å². The van der Waals surface area contributed by atoms with Gasteiger partial charge >= 0.3 is 24.0 Å². The Morgan fingerprint density at radius 2 is 1.43 bits per heavy atom. The fourth-order valence-electron chi connectivity index (χ4n) is 1.44. The first-order chi connectivity index (χ1) is 9.23. The van der Waals surface area contributed by atoms with Crippen LogP contribution in [0.3, 0.4) is 0 Å². The summed E-state index contributed by atoms with van der Waals surface area (Å²) < 4.78 is 90.7. The second kappa shape index (κ2) is 6.83. The van der Waals surface area contributed by atoms with Crippen LogP contribution < -0.4 is 0 Å². The molecule has 0 saturated heterocycles. The summed E-state index contributed by atoms with van der Waals surface area (Å²) in [7, 11) is 0. The maximum atomic E-state index is 13.0. The van der Waals surface area contributed by atoms with E-state index >= 15 is 0 Å². The van der Waals surface area contributed by atoms with E-state index in [4.69, 9.17) is 0 Å². The fourth-order valence-corrected chi connectivity index (χ4v) is 1.44. The van der Waals surface area contributed by atoms with Gasteiger partial charge in [-0.05, 0) is 25.7 Å².